The Morgan fingerprint density at radius 2 is 2.00 bits per heavy atom. The van der Waals surface area contributed by atoms with Crippen LogP contribution in [0.4, 0.5) is 5.69 Å². The normalized spacial score (nSPS) is 16.1. The highest BCUT2D eigenvalue weighted by molar-refractivity contribution is 5.76. The van der Waals surface area contributed by atoms with Gasteiger partial charge in [0.15, 0.2) is 0 Å². The molecule has 0 spiro atoms. The number of benzene rings is 1. The van der Waals surface area contributed by atoms with E-state index in [0.29, 0.717) is 18.9 Å². The quantitative estimate of drug-likeness (QED) is 0.821. The van der Waals surface area contributed by atoms with E-state index in [9.17, 15) is 4.79 Å². The molecule has 2 N–H and O–H groups in total. The smallest absolute Gasteiger partial charge is 0.323 e. The Hall–Kier alpha value is -1.55. The molecule has 1 aliphatic rings. The van der Waals surface area contributed by atoms with Crippen LogP contribution < -0.4 is 10.6 Å². The van der Waals surface area contributed by atoms with Gasteiger partial charge in [-0.3, -0.25) is 4.79 Å². The van der Waals surface area contributed by atoms with E-state index in [1.54, 1.807) is 6.92 Å². The van der Waals surface area contributed by atoms with Crippen LogP contribution in [0.15, 0.2) is 18.2 Å². The fourth-order valence-corrected chi connectivity index (χ4v) is 3.03. The van der Waals surface area contributed by atoms with Crippen LogP contribution in [-0.4, -0.2) is 31.7 Å². The summed E-state index contributed by atoms with van der Waals surface area (Å²) < 4.78 is 4.99. The minimum atomic E-state index is -0.586. The van der Waals surface area contributed by atoms with E-state index in [2.05, 4.69) is 36.9 Å². The zero-order chi connectivity index (χ0) is 16.1. The minimum Gasteiger partial charge on any atom is -0.465 e. The lowest BCUT2D eigenvalue weighted by Gasteiger charge is -2.24. The molecule has 4 nitrogen and oxygen atoms in total. The van der Waals surface area contributed by atoms with Crippen molar-refractivity contribution in [1.29, 1.82) is 0 Å². The summed E-state index contributed by atoms with van der Waals surface area (Å²) in [4.78, 5) is 14.1. The van der Waals surface area contributed by atoms with Gasteiger partial charge < -0.3 is 15.4 Å². The highest BCUT2D eigenvalue weighted by atomic mass is 16.5. The molecular formula is C18H28N2O2. The molecule has 0 radical (unpaired) electrons. The van der Waals surface area contributed by atoms with Crippen molar-refractivity contribution in [3.63, 3.8) is 0 Å². The third-order valence-electron chi connectivity index (χ3n) is 4.21. The number of hydrogen-bond acceptors (Lipinski definition) is 4. The molecule has 0 saturated carbocycles. The molecule has 4 heteroatoms. The zero-order valence-corrected chi connectivity index (χ0v) is 14.0. The summed E-state index contributed by atoms with van der Waals surface area (Å²) in [6.07, 6.45) is 3.07. The first-order chi connectivity index (χ1) is 10.5. The second kappa shape index (κ2) is 7.63. The molecule has 22 heavy (non-hydrogen) atoms. The third-order valence-corrected chi connectivity index (χ3v) is 4.21. The Balaban J connectivity index is 2.16. The lowest BCUT2D eigenvalue weighted by atomic mass is 9.95. The number of hydrogen-bond donors (Lipinski definition) is 1. The molecule has 0 aromatic heterocycles. The molecule has 1 fully saturated rings. The Morgan fingerprint density at radius 3 is 2.59 bits per heavy atom. The largest absolute Gasteiger partial charge is 0.465 e. The molecule has 1 aromatic carbocycles. The van der Waals surface area contributed by atoms with Crippen molar-refractivity contribution in [2.45, 2.75) is 52.0 Å². The fraction of sp³-hybridized carbons (Fsp3) is 0.611. The number of ether oxygens (including phenoxy) is 1. The van der Waals surface area contributed by atoms with Gasteiger partial charge in [0.25, 0.3) is 0 Å². The zero-order valence-electron chi connectivity index (χ0n) is 14.0. The van der Waals surface area contributed by atoms with E-state index in [1.165, 1.54) is 24.1 Å². The first-order valence-corrected chi connectivity index (χ1v) is 8.33. The van der Waals surface area contributed by atoms with Crippen LogP contribution in [0.3, 0.4) is 0 Å². The van der Waals surface area contributed by atoms with Gasteiger partial charge in [0.1, 0.15) is 6.04 Å². The van der Waals surface area contributed by atoms with Gasteiger partial charge >= 0.3 is 5.97 Å². The SMILES string of the molecule is CCOC(=O)C(N)Cc1ccc(N2CCCC2)c(C(C)C)c1. The van der Waals surface area contributed by atoms with Gasteiger partial charge in [-0.2, -0.15) is 0 Å². The number of rotatable bonds is 6. The van der Waals surface area contributed by atoms with Crippen LogP contribution in [0.1, 0.15) is 50.7 Å². The summed E-state index contributed by atoms with van der Waals surface area (Å²) in [6.45, 7) is 8.88. The molecule has 1 saturated heterocycles. The molecule has 0 aliphatic carbocycles. The van der Waals surface area contributed by atoms with Crippen molar-refractivity contribution in [3.8, 4) is 0 Å². The van der Waals surface area contributed by atoms with Gasteiger partial charge in [-0.05, 0) is 49.3 Å². The molecule has 122 valence electrons. The topological polar surface area (TPSA) is 55.6 Å². The Labute approximate surface area is 133 Å². The number of carbonyl (C=O) groups is 1. The van der Waals surface area contributed by atoms with E-state index in [1.807, 2.05) is 0 Å². The van der Waals surface area contributed by atoms with Crippen molar-refractivity contribution >= 4 is 11.7 Å². The van der Waals surface area contributed by atoms with Crippen LogP contribution in [0.5, 0.6) is 0 Å². The van der Waals surface area contributed by atoms with E-state index < -0.39 is 6.04 Å². The number of esters is 1. The Kier molecular flexibility index (Phi) is 5.83. The van der Waals surface area contributed by atoms with Gasteiger partial charge in [0.2, 0.25) is 0 Å². The Bertz CT molecular complexity index is 508. The lowest BCUT2D eigenvalue weighted by Crippen LogP contribution is -2.34. The summed E-state index contributed by atoms with van der Waals surface area (Å²) >= 11 is 0. The predicted molar refractivity (Wildman–Crippen MR) is 90.3 cm³/mol. The molecule has 1 aromatic rings. The second-order valence-electron chi connectivity index (χ2n) is 6.30. The van der Waals surface area contributed by atoms with Gasteiger partial charge in [-0.1, -0.05) is 26.0 Å². The monoisotopic (exact) mass is 304 g/mol. The standard InChI is InChI=1S/C18H28N2O2/c1-4-22-18(21)16(19)12-14-7-8-17(15(11-14)13(2)3)20-9-5-6-10-20/h7-8,11,13,16H,4-6,9-10,12,19H2,1-3H3. The summed E-state index contributed by atoms with van der Waals surface area (Å²) in [5, 5.41) is 0. The van der Waals surface area contributed by atoms with Gasteiger partial charge in [0, 0.05) is 18.8 Å². The molecule has 2 rings (SSSR count). The predicted octanol–water partition coefficient (Wildman–Crippen LogP) is 2.84. The second-order valence-corrected chi connectivity index (χ2v) is 6.30. The summed E-state index contributed by atoms with van der Waals surface area (Å²) in [5.41, 5.74) is 9.72. The van der Waals surface area contributed by atoms with Crippen molar-refractivity contribution in [1.82, 2.24) is 0 Å². The van der Waals surface area contributed by atoms with Crippen molar-refractivity contribution in [3.05, 3.63) is 29.3 Å². The average molecular weight is 304 g/mol. The van der Waals surface area contributed by atoms with Crippen LogP contribution >= 0.6 is 0 Å². The molecule has 0 bridgehead atoms. The minimum absolute atomic E-state index is 0.322. The third kappa shape index (κ3) is 4.01. The van der Waals surface area contributed by atoms with Crippen molar-refractivity contribution < 1.29 is 9.53 Å². The first-order valence-electron chi connectivity index (χ1n) is 8.33. The first kappa shape index (κ1) is 16.8. The van der Waals surface area contributed by atoms with Gasteiger partial charge in [0.05, 0.1) is 6.61 Å². The highest BCUT2D eigenvalue weighted by Gasteiger charge is 2.20. The Morgan fingerprint density at radius 1 is 1.32 bits per heavy atom. The van der Waals surface area contributed by atoms with Crippen molar-refractivity contribution in [2.24, 2.45) is 5.73 Å². The summed E-state index contributed by atoms with van der Waals surface area (Å²) in [7, 11) is 0. The van der Waals surface area contributed by atoms with Crippen LogP contribution in [0.2, 0.25) is 0 Å². The molecular weight excluding hydrogens is 276 g/mol. The number of anilines is 1. The highest BCUT2D eigenvalue weighted by Crippen LogP contribution is 2.31. The summed E-state index contributed by atoms with van der Waals surface area (Å²) in [5.74, 6) is 0.131. The van der Waals surface area contributed by atoms with Crippen LogP contribution in [-0.2, 0) is 16.0 Å². The summed E-state index contributed by atoms with van der Waals surface area (Å²) in [6, 6.07) is 5.90. The van der Waals surface area contributed by atoms with Crippen molar-refractivity contribution in [2.75, 3.05) is 24.6 Å². The molecule has 1 aliphatic heterocycles. The molecule has 1 atom stereocenters. The maximum Gasteiger partial charge on any atom is 0.323 e. The molecule has 0 amide bonds. The maximum atomic E-state index is 11.7. The fourth-order valence-electron chi connectivity index (χ4n) is 3.03. The number of nitrogens with two attached hydrogens (primary N) is 1. The molecule has 1 heterocycles. The van der Waals surface area contributed by atoms with Gasteiger partial charge in [-0.25, -0.2) is 0 Å². The molecule has 1 unspecified atom stereocenters. The maximum absolute atomic E-state index is 11.7. The van der Waals surface area contributed by atoms with E-state index in [-0.39, 0.29) is 5.97 Å². The van der Waals surface area contributed by atoms with Gasteiger partial charge in [-0.15, -0.1) is 0 Å². The van der Waals surface area contributed by atoms with E-state index in [4.69, 9.17) is 10.5 Å². The number of carbonyl (C=O) groups excluding carboxylic acids is 1. The van der Waals surface area contributed by atoms with E-state index >= 15 is 0 Å². The van der Waals surface area contributed by atoms with Crippen LogP contribution in [0, 0.1) is 0 Å². The van der Waals surface area contributed by atoms with E-state index in [0.717, 1.165) is 18.7 Å². The average Bonchev–Trinajstić information content (AvgIpc) is 3.01. The lowest BCUT2D eigenvalue weighted by molar-refractivity contribution is -0.144. The number of nitrogens with zero attached hydrogens (tertiary/aromatic N) is 1. The van der Waals surface area contributed by atoms with Crippen LogP contribution in [0.25, 0.3) is 0 Å².